The second-order valence-electron chi connectivity index (χ2n) is 15.6. The Hall–Kier alpha value is -8.14. The molecule has 3 nitrogen and oxygen atoms in total. The molecule has 61 heavy (non-hydrogen) atoms. The summed E-state index contributed by atoms with van der Waals surface area (Å²) in [5.74, 6) is 0. The van der Waals surface area contributed by atoms with Crippen LogP contribution in [0, 0.1) is 0 Å². The summed E-state index contributed by atoms with van der Waals surface area (Å²) in [4.78, 5) is 2.45. The summed E-state index contributed by atoms with van der Waals surface area (Å²) in [6.45, 7) is 0. The summed E-state index contributed by atoms with van der Waals surface area (Å²) in [7, 11) is 0. The van der Waals surface area contributed by atoms with Crippen LogP contribution in [0.5, 0.6) is 0 Å². The zero-order valence-corrected chi connectivity index (χ0v) is 33.1. The van der Waals surface area contributed by atoms with Crippen molar-refractivity contribution >= 4 is 71.7 Å². The molecule has 0 fully saturated rings. The van der Waals surface area contributed by atoms with Crippen molar-refractivity contribution in [1.29, 1.82) is 0 Å². The Morgan fingerprint density at radius 2 is 0.803 bits per heavy atom. The number of fused-ring (bicyclic) bond motifs is 7. The number of benzene rings is 10. The largest absolute Gasteiger partial charge is 0.456 e. The van der Waals surface area contributed by atoms with Crippen molar-refractivity contribution in [1.82, 2.24) is 0 Å². The zero-order chi connectivity index (χ0) is 40.3. The Labute approximate surface area is 353 Å². The maximum Gasteiger partial charge on any atom is 0.136 e. The first-order valence-corrected chi connectivity index (χ1v) is 20.7. The maximum absolute atomic E-state index is 6.37. The van der Waals surface area contributed by atoms with E-state index in [1.165, 1.54) is 27.5 Å². The monoisotopic (exact) mass is 779 g/mol. The first-order valence-electron chi connectivity index (χ1n) is 20.7. The van der Waals surface area contributed by atoms with Crippen LogP contribution in [0.15, 0.2) is 233 Å². The van der Waals surface area contributed by atoms with Crippen molar-refractivity contribution in [3.8, 4) is 44.5 Å². The highest BCUT2D eigenvalue weighted by molar-refractivity contribution is 6.13. The van der Waals surface area contributed by atoms with Gasteiger partial charge in [-0.05, 0) is 98.8 Å². The van der Waals surface area contributed by atoms with Gasteiger partial charge < -0.3 is 13.7 Å². The minimum atomic E-state index is 0.878. The molecule has 12 rings (SSSR count). The van der Waals surface area contributed by atoms with E-state index in [1.807, 2.05) is 24.3 Å². The predicted molar refractivity (Wildman–Crippen MR) is 255 cm³/mol. The number of rotatable bonds is 7. The standard InChI is InChI=1S/C58H37NO2/c1-2-16-38(17-3-1)44-26-13-18-39-19-14-28-48(57(39)44)46-23-5-9-30-52(46)59(42-21-12-20-40(36-42)45-27-15-33-56-58(45)49-25-7-11-32-54(49)61-56)51-29-8-4-22-43(51)41-34-35-55-50(37-41)47-24-6-10-31-53(47)60-55/h1-37H. The maximum atomic E-state index is 6.37. The van der Waals surface area contributed by atoms with E-state index in [4.69, 9.17) is 8.83 Å². The van der Waals surface area contributed by atoms with Crippen LogP contribution in [0.2, 0.25) is 0 Å². The summed E-state index contributed by atoms with van der Waals surface area (Å²) >= 11 is 0. The third-order valence-electron chi connectivity index (χ3n) is 12.1. The van der Waals surface area contributed by atoms with Gasteiger partial charge in [-0.3, -0.25) is 0 Å². The van der Waals surface area contributed by atoms with Gasteiger partial charge in [-0.15, -0.1) is 0 Å². The molecule has 286 valence electrons. The molecule has 0 saturated heterocycles. The highest BCUT2D eigenvalue weighted by Crippen LogP contribution is 2.48. The molecular weight excluding hydrogens is 743 g/mol. The Kier molecular flexibility index (Phi) is 8.17. The quantitative estimate of drug-likeness (QED) is 0.161. The molecule has 0 amide bonds. The molecule has 0 bridgehead atoms. The zero-order valence-electron chi connectivity index (χ0n) is 33.1. The number of anilines is 3. The third kappa shape index (κ3) is 5.82. The van der Waals surface area contributed by atoms with E-state index in [-0.39, 0.29) is 0 Å². The Balaban J connectivity index is 1.12. The molecule has 0 radical (unpaired) electrons. The average molecular weight is 780 g/mol. The van der Waals surface area contributed by atoms with E-state index in [0.717, 1.165) is 88.8 Å². The van der Waals surface area contributed by atoms with E-state index < -0.39 is 0 Å². The topological polar surface area (TPSA) is 29.5 Å². The predicted octanol–water partition coefficient (Wildman–Crippen LogP) is 16.8. The lowest BCUT2D eigenvalue weighted by molar-refractivity contribution is 0.668. The number of furan rings is 2. The van der Waals surface area contributed by atoms with Gasteiger partial charge in [-0.1, -0.05) is 170 Å². The summed E-state index contributed by atoms with van der Waals surface area (Å²) in [5.41, 5.74) is 15.9. The van der Waals surface area contributed by atoms with Gasteiger partial charge in [0, 0.05) is 38.4 Å². The number of hydrogen-bond donors (Lipinski definition) is 0. The highest BCUT2D eigenvalue weighted by atomic mass is 16.3. The van der Waals surface area contributed by atoms with Crippen LogP contribution >= 0.6 is 0 Å². The fraction of sp³-hybridized carbons (Fsp3) is 0. The van der Waals surface area contributed by atoms with Crippen LogP contribution in [0.25, 0.3) is 99.2 Å². The molecular formula is C58H37NO2. The molecule has 0 N–H and O–H groups in total. The van der Waals surface area contributed by atoms with Crippen LogP contribution in [-0.4, -0.2) is 0 Å². The summed E-state index contributed by atoms with van der Waals surface area (Å²) < 4.78 is 12.7. The van der Waals surface area contributed by atoms with Crippen LogP contribution < -0.4 is 4.90 Å². The normalized spacial score (nSPS) is 11.6. The van der Waals surface area contributed by atoms with Gasteiger partial charge in [0.1, 0.15) is 22.3 Å². The van der Waals surface area contributed by atoms with Crippen molar-refractivity contribution in [2.75, 3.05) is 4.90 Å². The smallest absolute Gasteiger partial charge is 0.136 e. The van der Waals surface area contributed by atoms with E-state index in [2.05, 4.69) is 205 Å². The molecule has 2 aromatic heterocycles. The van der Waals surface area contributed by atoms with Crippen molar-refractivity contribution in [2.45, 2.75) is 0 Å². The molecule has 2 heterocycles. The van der Waals surface area contributed by atoms with Crippen molar-refractivity contribution < 1.29 is 8.83 Å². The van der Waals surface area contributed by atoms with Gasteiger partial charge in [0.15, 0.2) is 0 Å². The van der Waals surface area contributed by atoms with Gasteiger partial charge in [0.05, 0.1) is 11.4 Å². The minimum absolute atomic E-state index is 0.878. The summed E-state index contributed by atoms with van der Waals surface area (Å²) in [5, 5.41) is 6.86. The number of para-hydroxylation sites is 4. The Morgan fingerprint density at radius 3 is 1.62 bits per heavy atom. The molecule has 0 aliphatic heterocycles. The molecule has 0 spiro atoms. The van der Waals surface area contributed by atoms with Crippen molar-refractivity contribution in [3.63, 3.8) is 0 Å². The van der Waals surface area contributed by atoms with E-state index in [9.17, 15) is 0 Å². The van der Waals surface area contributed by atoms with Gasteiger partial charge in [-0.2, -0.15) is 0 Å². The molecule has 12 aromatic rings. The van der Waals surface area contributed by atoms with E-state index >= 15 is 0 Å². The number of nitrogens with zero attached hydrogens (tertiary/aromatic N) is 1. The van der Waals surface area contributed by atoms with E-state index in [0.29, 0.717) is 0 Å². The molecule has 0 atom stereocenters. The van der Waals surface area contributed by atoms with Gasteiger partial charge in [0.25, 0.3) is 0 Å². The Morgan fingerprint density at radius 1 is 0.279 bits per heavy atom. The SMILES string of the molecule is c1ccc(-c2cccc3cccc(-c4ccccc4N(c4cccc(-c5cccc6oc7ccccc7c56)c4)c4ccccc4-c4ccc5oc6ccccc6c5c4)c23)cc1. The average Bonchev–Trinajstić information content (AvgIpc) is 3.90. The fourth-order valence-corrected chi connectivity index (χ4v) is 9.36. The molecule has 0 aliphatic carbocycles. The van der Waals surface area contributed by atoms with E-state index in [1.54, 1.807) is 0 Å². The lowest BCUT2D eigenvalue weighted by Crippen LogP contribution is -2.12. The first-order chi connectivity index (χ1) is 30.3. The highest BCUT2D eigenvalue weighted by Gasteiger charge is 2.23. The van der Waals surface area contributed by atoms with Gasteiger partial charge in [-0.25, -0.2) is 0 Å². The molecule has 3 heteroatoms. The number of hydrogen-bond acceptors (Lipinski definition) is 3. The van der Waals surface area contributed by atoms with Crippen LogP contribution in [0.4, 0.5) is 17.1 Å². The van der Waals surface area contributed by atoms with Gasteiger partial charge in [0.2, 0.25) is 0 Å². The van der Waals surface area contributed by atoms with Crippen LogP contribution in [-0.2, 0) is 0 Å². The Bertz CT molecular complexity index is 3610. The second-order valence-corrected chi connectivity index (χ2v) is 15.6. The third-order valence-corrected chi connectivity index (χ3v) is 12.1. The molecule has 0 unspecified atom stereocenters. The van der Waals surface area contributed by atoms with Crippen LogP contribution in [0.1, 0.15) is 0 Å². The summed E-state index contributed by atoms with van der Waals surface area (Å²) in [6.07, 6.45) is 0. The fourth-order valence-electron chi connectivity index (χ4n) is 9.36. The molecule has 0 saturated carbocycles. The van der Waals surface area contributed by atoms with Crippen molar-refractivity contribution in [2.24, 2.45) is 0 Å². The summed E-state index contributed by atoms with van der Waals surface area (Å²) in [6, 6.07) is 80.2. The first kappa shape index (κ1) is 34.9. The second kappa shape index (κ2) is 14.3. The van der Waals surface area contributed by atoms with Crippen molar-refractivity contribution in [3.05, 3.63) is 224 Å². The molecule has 0 aliphatic rings. The lowest BCUT2D eigenvalue weighted by Gasteiger charge is -2.30. The van der Waals surface area contributed by atoms with Gasteiger partial charge >= 0.3 is 0 Å². The minimum Gasteiger partial charge on any atom is -0.456 e. The lowest BCUT2D eigenvalue weighted by atomic mass is 9.90. The van der Waals surface area contributed by atoms with Crippen LogP contribution in [0.3, 0.4) is 0 Å². The molecule has 10 aromatic carbocycles.